The largest absolute Gasteiger partial charge is 0.502 e. The van der Waals surface area contributed by atoms with Gasteiger partial charge in [0.05, 0.1) is 0 Å². The summed E-state index contributed by atoms with van der Waals surface area (Å²) >= 11 is 0. The Morgan fingerprint density at radius 1 is 1.44 bits per heavy atom. The van der Waals surface area contributed by atoms with E-state index >= 15 is 0 Å². The molecule has 96 valence electrons. The van der Waals surface area contributed by atoms with Gasteiger partial charge in [0.2, 0.25) is 5.43 Å². The van der Waals surface area contributed by atoms with Gasteiger partial charge >= 0.3 is 5.97 Å². The molecule has 0 bridgehead atoms. The van der Waals surface area contributed by atoms with Crippen molar-refractivity contribution in [2.24, 2.45) is 0 Å². The van der Waals surface area contributed by atoms with Crippen LogP contribution >= 0.6 is 0 Å². The summed E-state index contributed by atoms with van der Waals surface area (Å²) < 4.78 is 1.06. The van der Waals surface area contributed by atoms with Gasteiger partial charge in [0.25, 0.3) is 5.91 Å². The van der Waals surface area contributed by atoms with Crippen molar-refractivity contribution in [3.8, 4) is 5.75 Å². The molecule has 3 N–H and O–H groups in total. The lowest BCUT2D eigenvalue weighted by Gasteiger charge is -2.34. The zero-order chi connectivity index (χ0) is 13.6. The molecule has 1 aliphatic rings. The molecule has 1 aliphatic heterocycles. The smallest absolute Gasteiger partial charge is 0.341 e. The number of hydrogen-bond acceptors (Lipinski definition) is 5. The fraction of sp³-hybridized carbons (Fsp3) is 0.300. The van der Waals surface area contributed by atoms with Crippen LogP contribution in [-0.4, -0.2) is 44.9 Å². The first kappa shape index (κ1) is 12.0. The Kier molecular flexibility index (Phi) is 2.50. The van der Waals surface area contributed by atoms with Crippen molar-refractivity contribution in [2.45, 2.75) is 13.1 Å². The Morgan fingerprint density at radius 2 is 2.06 bits per heavy atom. The molecule has 8 heteroatoms. The second-order valence-electron chi connectivity index (χ2n) is 3.97. The topological polar surface area (TPSA) is 112 Å². The van der Waals surface area contributed by atoms with E-state index in [4.69, 9.17) is 5.11 Å². The van der Waals surface area contributed by atoms with Crippen molar-refractivity contribution in [1.82, 2.24) is 9.58 Å². The van der Waals surface area contributed by atoms with Gasteiger partial charge in [-0.05, 0) is 6.92 Å². The van der Waals surface area contributed by atoms with E-state index in [1.165, 1.54) is 11.9 Å². The maximum Gasteiger partial charge on any atom is 0.341 e. The Morgan fingerprint density at radius 3 is 2.61 bits per heavy atom. The van der Waals surface area contributed by atoms with E-state index in [1.54, 1.807) is 6.92 Å². The fourth-order valence-electron chi connectivity index (χ4n) is 1.69. The quantitative estimate of drug-likeness (QED) is 0.605. The van der Waals surface area contributed by atoms with Crippen molar-refractivity contribution in [3.05, 3.63) is 27.7 Å². The summed E-state index contributed by atoms with van der Waals surface area (Å²) in [6.07, 6.45) is 0.592. The van der Waals surface area contributed by atoms with Gasteiger partial charge in [0, 0.05) is 13.2 Å². The molecule has 0 spiro atoms. The van der Waals surface area contributed by atoms with Gasteiger partial charge in [0.15, 0.2) is 11.4 Å². The fourth-order valence-corrected chi connectivity index (χ4v) is 1.69. The minimum atomic E-state index is -1.47. The minimum absolute atomic E-state index is 0.273. The number of aromatic carboxylic acids is 1. The Hall–Kier alpha value is -2.51. The van der Waals surface area contributed by atoms with Crippen molar-refractivity contribution < 1.29 is 19.8 Å². The van der Waals surface area contributed by atoms with Crippen LogP contribution in [-0.2, 0) is 0 Å². The van der Waals surface area contributed by atoms with E-state index in [2.05, 4.69) is 5.43 Å². The first-order valence-corrected chi connectivity index (χ1v) is 5.10. The molecule has 1 aromatic heterocycles. The number of fused-ring (bicyclic) bond motifs is 1. The molecule has 2 rings (SSSR count). The van der Waals surface area contributed by atoms with E-state index in [-0.39, 0.29) is 5.69 Å². The van der Waals surface area contributed by atoms with Crippen LogP contribution < -0.4 is 10.9 Å². The summed E-state index contributed by atoms with van der Waals surface area (Å²) in [5, 5.41) is 18.5. The lowest BCUT2D eigenvalue weighted by Crippen LogP contribution is -2.50. The number of nitrogens with zero attached hydrogens (tertiary/aromatic N) is 2. The molecule has 0 aromatic carbocycles. The maximum absolute atomic E-state index is 11.9. The van der Waals surface area contributed by atoms with Crippen LogP contribution in [0.1, 0.15) is 27.8 Å². The number of hydrogen-bond donors (Lipinski definition) is 3. The van der Waals surface area contributed by atoms with Gasteiger partial charge in [-0.25, -0.2) is 4.79 Å². The second-order valence-corrected chi connectivity index (χ2v) is 3.97. The first-order valence-electron chi connectivity index (χ1n) is 5.10. The highest BCUT2D eigenvalue weighted by Gasteiger charge is 2.32. The van der Waals surface area contributed by atoms with Gasteiger partial charge in [-0.3, -0.25) is 14.3 Å². The number of aromatic hydroxyl groups is 1. The lowest BCUT2D eigenvalue weighted by molar-refractivity contribution is 0.0674. The number of pyridine rings is 1. The number of carboxylic acid groups (broad SMARTS) is 1. The average Bonchev–Trinajstić information content (AvgIpc) is 2.30. The lowest BCUT2D eigenvalue weighted by atomic mass is 10.2. The molecule has 0 fully saturated rings. The Bertz CT molecular complexity index is 606. The minimum Gasteiger partial charge on any atom is -0.502 e. The molecule has 0 radical (unpaired) electrons. The summed E-state index contributed by atoms with van der Waals surface area (Å²) in [7, 11) is 1.50. The summed E-state index contributed by atoms with van der Waals surface area (Å²) in [5.74, 6) is -2.90. The number of aromatic nitrogens is 1. The zero-order valence-electron chi connectivity index (χ0n) is 9.67. The highest BCUT2D eigenvalue weighted by atomic mass is 16.4. The average molecular weight is 253 g/mol. The number of carboxylic acids is 1. The first-order chi connectivity index (χ1) is 8.34. The van der Waals surface area contributed by atoms with Crippen LogP contribution in [0.5, 0.6) is 5.75 Å². The molecule has 1 aromatic rings. The van der Waals surface area contributed by atoms with E-state index in [0.29, 0.717) is 0 Å². The summed E-state index contributed by atoms with van der Waals surface area (Å²) in [4.78, 5) is 35.6. The molecule has 18 heavy (non-hydrogen) atoms. The second kappa shape index (κ2) is 3.76. The monoisotopic (exact) mass is 253 g/mol. The molecular weight excluding hydrogens is 242 g/mol. The maximum atomic E-state index is 11.9. The van der Waals surface area contributed by atoms with E-state index < -0.39 is 34.8 Å². The number of nitrogens with one attached hydrogen (secondary N) is 1. The molecule has 0 aliphatic carbocycles. The molecule has 1 amide bonds. The van der Waals surface area contributed by atoms with Crippen LogP contribution in [0.15, 0.2) is 11.0 Å². The standard InChI is InChI=1S/C10H11N3O5/c1-4-11-13-3-5(10(17)18)7(14)8(15)6(13)9(16)12(4)2/h3-4,11,15H,1-2H3,(H,17,18). The third-order valence-electron chi connectivity index (χ3n) is 2.84. The highest BCUT2D eigenvalue weighted by molar-refractivity contribution is 5.97. The van der Waals surface area contributed by atoms with Gasteiger partial charge in [-0.2, -0.15) is 0 Å². The number of carbonyl (C=O) groups is 2. The number of amides is 1. The third kappa shape index (κ3) is 1.50. The zero-order valence-corrected chi connectivity index (χ0v) is 9.67. The van der Waals surface area contributed by atoms with Crippen LogP contribution in [0.2, 0.25) is 0 Å². The number of rotatable bonds is 1. The van der Waals surface area contributed by atoms with E-state index in [9.17, 15) is 19.5 Å². The van der Waals surface area contributed by atoms with E-state index in [1.807, 2.05) is 0 Å². The molecule has 0 saturated heterocycles. The predicted octanol–water partition coefficient (Wildman–Crippen LogP) is -0.773. The van der Waals surface area contributed by atoms with Crippen LogP contribution in [0, 0.1) is 0 Å². The Labute approximate surface area is 101 Å². The molecule has 0 saturated carbocycles. The summed E-state index contributed by atoms with van der Waals surface area (Å²) in [6.45, 7) is 1.68. The van der Waals surface area contributed by atoms with E-state index in [0.717, 1.165) is 10.9 Å². The molecule has 1 atom stereocenters. The van der Waals surface area contributed by atoms with Gasteiger partial charge in [-0.15, -0.1) is 0 Å². The normalized spacial score (nSPS) is 18.2. The van der Waals surface area contributed by atoms with Gasteiger partial charge < -0.3 is 20.5 Å². The third-order valence-corrected chi connectivity index (χ3v) is 2.84. The predicted molar refractivity (Wildman–Crippen MR) is 60.2 cm³/mol. The molecule has 1 unspecified atom stereocenters. The van der Waals surface area contributed by atoms with Crippen LogP contribution in [0.4, 0.5) is 0 Å². The van der Waals surface area contributed by atoms with Gasteiger partial charge in [0.1, 0.15) is 11.7 Å². The Balaban J connectivity index is 2.74. The summed E-state index contributed by atoms with van der Waals surface area (Å²) in [5.41, 5.74) is 0.810. The van der Waals surface area contributed by atoms with Gasteiger partial charge in [-0.1, -0.05) is 0 Å². The van der Waals surface area contributed by atoms with Crippen molar-refractivity contribution in [3.63, 3.8) is 0 Å². The van der Waals surface area contributed by atoms with Crippen molar-refractivity contribution >= 4 is 11.9 Å². The highest BCUT2D eigenvalue weighted by Crippen LogP contribution is 2.19. The molecule has 2 heterocycles. The molecule has 8 nitrogen and oxygen atoms in total. The van der Waals surface area contributed by atoms with Crippen molar-refractivity contribution in [2.75, 3.05) is 12.5 Å². The molecular formula is C10H11N3O5. The number of carbonyl (C=O) groups excluding carboxylic acids is 1. The van der Waals surface area contributed by atoms with Crippen LogP contribution in [0.25, 0.3) is 0 Å². The SMILES string of the molecule is CC1Nn2cc(C(=O)O)c(=O)c(O)c2C(=O)N1C. The summed E-state index contributed by atoms with van der Waals surface area (Å²) in [6, 6.07) is 0. The van der Waals surface area contributed by atoms with Crippen LogP contribution in [0.3, 0.4) is 0 Å². The van der Waals surface area contributed by atoms with Crippen molar-refractivity contribution in [1.29, 1.82) is 0 Å².